The van der Waals surface area contributed by atoms with Gasteiger partial charge in [-0.1, -0.05) is 32.0 Å². The van der Waals surface area contributed by atoms with Crippen LogP contribution < -0.4 is 16.2 Å². The number of pyridine rings is 1. The number of benzene rings is 1. The summed E-state index contributed by atoms with van der Waals surface area (Å²) in [4.78, 5) is 29.0. The summed E-state index contributed by atoms with van der Waals surface area (Å²) in [5, 5.41) is 6.14. The first-order valence-corrected chi connectivity index (χ1v) is 8.63. The molecule has 0 unspecified atom stereocenters. The Morgan fingerprint density at radius 1 is 1.15 bits per heavy atom. The molecule has 0 spiro atoms. The number of hydrogen-bond donors (Lipinski definition) is 2. The van der Waals surface area contributed by atoms with E-state index in [1.54, 1.807) is 24.4 Å². The number of nitrogens with one attached hydrogen (secondary N) is 2. The average Bonchev–Trinajstić information content (AvgIpc) is 2.64. The number of carbonyl (C=O) groups excluding carboxylic acids is 1. The van der Waals surface area contributed by atoms with Crippen molar-refractivity contribution < 1.29 is 4.79 Å². The third-order valence-electron chi connectivity index (χ3n) is 3.93. The van der Waals surface area contributed by atoms with Crippen molar-refractivity contribution in [1.82, 2.24) is 14.7 Å². The van der Waals surface area contributed by atoms with Crippen molar-refractivity contribution in [2.24, 2.45) is 5.92 Å². The lowest BCUT2D eigenvalue weighted by Gasteiger charge is -2.13. The second kappa shape index (κ2) is 7.82. The molecule has 26 heavy (non-hydrogen) atoms. The Hall–Kier alpha value is -3.15. The van der Waals surface area contributed by atoms with Crippen molar-refractivity contribution in [3.8, 4) is 0 Å². The minimum absolute atomic E-state index is 0.117. The molecule has 0 aliphatic rings. The molecule has 3 aromatic rings. The first kappa shape index (κ1) is 17.7. The van der Waals surface area contributed by atoms with Crippen LogP contribution in [0.1, 0.15) is 29.9 Å². The van der Waals surface area contributed by atoms with Gasteiger partial charge in [0.15, 0.2) is 0 Å². The highest BCUT2D eigenvalue weighted by Gasteiger charge is 2.11. The molecule has 2 N–H and O–H groups in total. The molecule has 0 saturated carbocycles. The van der Waals surface area contributed by atoms with E-state index in [4.69, 9.17) is 0 Å². The molecule has 6 nitrogen and oxygen atoms in total. The molecule has 0 fully saturated rings. The Labute approximate surface area is 151 Å². The van der Waals surface area contributed by atoms with Crippen molar-refractivity contribution in [3.05, 3.63) is 76.3 Å². The minimum atomic E-state index is -0.129. The maximum absolute atomic E-state index is 12.4. The molecule has 0 aliphatic heterocycles. The summed E-state index contributed by atoms with van der Waals surface area (Å²) in [7, 11) is 0. The van der Waals surface area contributed by atoms with Crippen LogP contribution in [0.4, 0.5) is 5.69 Å². The fourth-order valence-corrected chi connectivity index (χ4v) is 2.61. The van der Waals surface area contributed by atoms with E-state index in [1.165, 1.54) is 10.5 Å². The van der Waals surface area contributed by atoms with Crippen LogP contribution in [-0.2, 0) is 6.54 Å². The molecule has 3 rings (SSSR count). The fraction of sp³-hybridized carbons (Fsp3) is 0.250. The van der Waals surface area contributed by atoms with Crippen LogP contribution in [0.15, 0.2) is 59.5 Å². The van der Waals surface area contributed by atoms with E-state index in [-0.39, 0.29) is 11.5 Å². The third kappa shape index (κ3) is 4.08. The normalized spacial score (nSPS) is 10.9. The summed E-state index contributed by atoms with van der Waals surface area (Å²) in [5.74, 6) is 0.266. The van der Waals surface area contributed by atoms with Crippen LogP contribution >= 0.6 is 0 Å². The van der Waals surface area contributed by atoms with Gasteiger partial charge >= 0.3 is 0 Å². The first-order chi connectivity index (χ1) is 12.5. The number of rotatable bonds is 6. The van der Waals surface area contributed by atoms with Crippen molar-refractivity contribution in [2.75, 3.05) is 11.9 Å². The van der Waals surface area contributed by atoms with Gasteiger partial charge in [0.2, 0.25) is 0 Å². The highest BCUT2D eigenvalue weighted by Crippen LogP contribution is 2.16. The van der Waals surface area contributed by atoms with Crippen molar-refractivity contribution >= 4 is 17.2 Å². The van der Waals surface area contributed by atoms with E-state index in [9.17, 15) is 9.59 Å². The Bertz CT molecular complexity index is 979. The SMILES string of the molecule is CC(C)CNC(=O)c1ccccc1NCc1cc(=O)n2ccccc2n1. The smallest absolute Gasteiger partial charge is 0.258 e. The molecule has 0 aliphatic carbocycles. The van der Waals surface area contributed by atoms with Gasteiger partial charge in [-0.3, -0.25) is 14.0 Å². The number of anilines is 1. The van der Waals surface area contributed by atoms with E-state index >= 15 is 0 Å². The monoisotopic (exact) mass is 350 g/mol. The number of aromatic nitrogens is 2. The maximum Gasteiger partial charge on any atom is 0.258 e. The molecular formula is C20H22N4O2. The minimum Gasteiger partial charge on any atom is -0.379 e. The molecule has 6 heteroatoms. The lowest BCUT2D eigenvalue weighted by molar-refractivity contribution is 0.0950. The number of carbonyl (C=O) groups is 1. The zero-order valence-electron chi connectivity index (χ0n) is 14.9. The van der Waals surface area contributed by atoms with E-state index < -0.39 is 0 Å². The van der Waals surface area contributed by atoms with Crippen LogP contribution in [0, 0.1) is 5.92 Å². The zero-order chi connectivity index (χ0) is 18.5. The maximum atomic E-state index is 12.4. The predicted molar refractivity (Wildman–Crippen MR) is 102 cm³/mol. The van der Waals surface area contributed by atoms with E-state index in [0.717, 1.165) is 0 Å². The lowest BCUT2D eigenvalue weighted by atomic mass is 10.1. The molecule has 134 valence electrons. The summed E-state index contributed by atoms with van der Waals surface area (Å²) < 4.78 is 1.50. The topological polar surface area (TPSA) is 75.5 Å². The van der Waals surface area contributed by atoms with Gasteiger partial charge in [0.25, 0.3) is 11.5 Å². The van der Waals surface area contributed by atoms with Gasteiger partial charge in [0, 0.05) is 24.5 Å². The highest BCUT2D eigenvalue weighted by atomic mass is 16.1. The Morgan fingerprint density at radius 2 is 1.92 bits per heavy atom. The predicted octanol–water partition coefficient (Wildman–Crippen LogP) is 2.69. The van der Waals surface area contributed by atoms with Crippen molar-refractivity contribution in [2.45, 2.75) is 20.4 Å². The molecule has 1 aromatic carbocycles. The summed E-state index contributed by atoms with van der Waals surface area (Å²) in [6.07, 6.45) is 1.69. The van der Waals surface area contributed by atoms with Gasteiger partial charge in [-0.25, -0.2) is 4.98 Å². The highest BCUT2D eigenvalue weighted by molar-refractivity contribution is 5.99. The van der Waals surface area contributed by atoms with Gasteiger partial charge in [-0.2, -0.15) is 0 Å². The number of amides is 1. The number of para-hydroxylation sites is 1. The summed E-state index contributed by atoms with van der Waals surface area (Å²) in [5.41, 5.74) is 2.38. The van der Waals surface area contributed by atoms with Gasteiger partial charge < -0.3 is 10.6 Å². The van der Waals surface area contributed by atoms with Crippen molar-refractivity contribution in [3.63, 3.8) is 0 Å². The zero-order valence-corrected chi connectivity index (χ0v) is 14.9. The van der Waals surface area contributed by atoms with Crippen LogP contribution in [0.2, 0.25) is 0 Å². The number of fused-ring (bicyclic) bond motifs is 1. The van der Waals surface area contributed by atoms with Gasteiger partial charge in [0.05, 0.1) is 17.8 Å². The Balaban J connectivity index is 1.78. The second-order valence-electron chi connectivity index (χ2n) is 6.52. The quantitative estimate of drug-likeness (QED) is 0.717. The second-order valence-corrected chi connectivity index (χ2v) is 6.52. The summed E-state index contributed by atoms with van der Waals surface area (Å²) in [6.45, 7) is 5.08. The van der Waals surface area contributed by atoms with E-state index in [0.29, 0.717) is 41.6 Å². The molecule has 2 aromatic heterocycles. The average molecular weight is 350 g/mol. The number of nitrogens with zero attached hydrogens (tertiary/aromatic N) is 2. The molecule has 0 radical (unpaired) electrons. The molecule has 1 amide bonds. The van der Waals surface area contributed by atoms with Crippen molar-refractivity contribution in [1.29, 1.82) is 0 Å². The molecule has 2 heterocycles. The molecule has 0 atom stereocenters. The first-order valence-electron chi connectivity index (χ1n) is 8.63. The third-order valence-corrected chi connectivity index (χ3v) is 3.93. The largest absolute Gasteiger partial charge is 0.379 e. The van der Waals surface area contributed by atoms with Gasteiger partial charge in [-0.15, -0.1) is 0 Å². The van der Waals surface area contributed by atoms with Gasteiger partial charge in [0.1, 0.15) is 5.65 Å². The standard InChI is InChI=1S/C20H22N4O2/c1-14(2)12-22-20(26)16-7-3-4-8-17(16)21-13-15-11-19(25)24-10-6-5-9-18(24)23-15/h3-11,14,21H,12-13H2,1-2H3,(H,22,26). The summed E-state index contributed by atoms with van der Waals surface area (Å²) in [6, 6.07) is 14.2. The van der Waals surface area contributed by atoms with E-state index in [1.807, 2.05) is 38.1 Å². The van der Waals surface area contributed by atoms with Crippen LogP contribution in [-0.4, -0.2) is 21.8 Å². The number of hydrogen-bond acceptors (Lipinski definition) is 4. The van der Waals surface area contributed by atoms with Crippen LogP contribution in [0.3, 0.4) is 0 Å². The summed E-state index contributed by atoms with van der Waals surface area (Å²) >= 11 is 0. The van der Waals surface area contributed by atoms with Gasteiger partial charge in [-0.05, 0) is 30.2 Å². The van der Waals surface area contributed by atoms with Crippen LogP contribution in [0.5, 0.6) is 0 Å². The Kier molecular flexibility index (Phi) is 5.31. The molecule has 0 saturated heterocycles. The molecular weight excluding hydrogens is 328 g/mol. The molecule has 0 bridgehead atoms. The van der Waals surface area contributed by atoms with E-state index in [2.05, 4.69) is 15.6 Å². The Morgan fingerprint density at radius 3 is 2.73 bits per heavy atom. The lowest BCUT2D eigenvalue weighted by Crippen LogP contribution is -2.28. The van der Waals surface area contributed by atoms with Crippen LogP contribution in [0.25, 0.3) is 5.65 Å². The fourth-order valence-electron chi connectivity index (χ4n) is 2.61.